The summed E-state index contributed by atoms with van der Waals surface area (Å²) in [5, 5.41) is 6.77. The summed E-state index contributed by atoms with van der Waals surface area (Å²) < 4.78 is 24.2. The van der Waals surface area contributed by atoms with E-state index in [0.29, 0.717) is 29.2 Å². The highest BCUT2D eigenvalue weighted by Gasteiger charge is 2.14. The van der Waals surface area contributed by atoms with Crippen molar-refractivity contribution in [1.29, 1.82) is 0 Å². The first-order chi connectivity index (χ1) is 16.4. The number of nitrogens with zero attached hydrogens (tertiary/aromatic N) is 1. The number of amides is 2. The second-order valence-electron chi connectivity index (χ2n) is 7.17. The predicted molar refractivity (Wildman–Crippen MR) is 129 cm³/mol. The highest BCUT2D eigenvalue weighted by atomic mass is 35.5. The molecule has 0 atom stereocenters. The zero-order valence-electron chi connectivity index (χ0n) is 18.6. The lowest BCUT2D eigenvalue weighted by Crippen LogP contribution is -2.20. The number of rotatable bonds is 9. The SMILES string of the molecule is CCOc1cc(/C=N/NC(=O)c2ccc(C)cc2)cc(Cl)c1OCC(=O)Nc1ccc(F)cc1. The number of anilines is 1. The fourth-order valence-electron chi connectivity index (χ4n) is 2.87. The van der Waals surface area contributed by atoms with Crippen molar-refractivity contribution >= 4 is 35.3 Å². The fourth-order valence-corrected chi connectivity index (χ4v) is 3.14. The number of benzene rings is 3. The molecule has 0 aromatic heterocycles. The molecule has 2 N–H and O–H groups in total. The molecule has 0 radical (unpaired) electrons. The second kappa shape index (κ2) is 11.8. The van der Waals surface area contributed by atoms with E-state index >= 15 is 0 Å². The first kappa shape index (κ1) is 24.7. The molecule has 0 saturated heterocycles. The molecular formula is C25H23ClFN3O4. The van der Waals surface area contributed by atoms with Crippen molar-refractivity contribution < 1.29 is 23.5 Å². The Hall–Kier alpha value is -3.91. The van der Waals surface area contributed by atoms with E-state index in [1.54, 1.807) is 31.2 Å². The molecule has 0 aliphatic heterocycles. The van der Waals surface area contributed by atoms with Gasteiger partial charge in [0.1, 0.15) is 5.82 Å². The molecule has 3 aromatic carbocycles. The highest BCUT2D eigenvalue weighted by Crippen LogP contribution is 2.36. The lowest BCUT2D eigenvalue weighted by molar-refractivity contribution is -0.118. The Labute approximate surface area is 201 Å². The summed E-state index contributed by atoms with van der Waals surface area (Å²) in [6.45, 7) is 3.73. The molecule has 0 spiro atoms. The van der Waals surface area contributed by atoms with E-state index in [2.05, 4.69) is 15.8 Å². The van der Waals surface area contributed by atoms with Crippen LogP contribution in [0.2, 0.25) is 5.02 Å². The van der Waals surface area contributed by atoms with Gasteiger partial charge in [-0.3, -0.25) is 9.59 Å². The van der Waals surface area contributed by atoms with Crippen molar-refractivity contribution in [2.75, 3.05) is 18.5 Å². The van der Waals surface area contributed by atoms with Crippen LogP contribution in [-0.2, 0) is 4.79 Å². The Bertz CT molecular complexity index is 1180. The quantitative estimate of drug-likeness (QED) is 0.332. The Balaban J connectivity index is 1.65. The number of carbonyl (C=O) groups excluding carboxylic acids is 2. The Morgan fingerprint density at radius 3 is 2.44 bits per heavy atom. The minimum Gasteiger partial charge on any atom is -0.490 e. The highest BCUT2D eigenvalue weighted by molar-refractivity contribution is 6.32. The van der Waals surface area contributed by atoms with E-state index in [4.69, 9.17) is 21.1 Å². The molecular weight excluding hydrogens is 461 g/mol. The van der Waals surface area contributed by atoms with Crippen molar-refractivity contribution in [2.45, 2.75) is 13.8 Å². The van der Waals surface area contributed by atoms with Gasteiger partial charge in [-0.2, -0.15) is 5.10 Å². The van der Waals surface area contributed by atoms with Gasteiger partial charge >= 0.3 is 0 Å². The lowest BCUT2D eigenvalue weighted by Gasteiger charge is -2.14. The largest absolute Gasteiger partial charge is 0.490 e. The maximum atomic E-state index is 13.0. The van der Waals surface area contributed by atoms with Crippen LogP contribution in [0, 0.1) is 12.7 Å². The van der Waals surface area contributed by atoms with E-state index < -0.39 is 11.7 Å². The molecule has 0 aliphatic rings. The maximum Gasteiger partial charge on any atom is 0.271 e. The summed E-state index contributed by atoms with van der Waals surface area (Å²) in [6, 6.07) is 15.7. The van der Waals surface area contributed by atoms with Crippen LogP contribution in [-0.4, -0.2) is 31.2 Å². The van der Waals surface area contributed by atoms with E-state index in [0.717, 1.165) is 5.56 Å². The number of hydrogen-bond donors (Lipinski definition) is 2. The number of hydrazone groups is 1. The third-order valence-corrected chi connectivity index (χ3v) is 4.78. The normalized spacial score (nSPS) is 10.7. The number of carbonyl (C=O) groups is 2. The number of halogens is 2. The van der Waals surface area contributed by atoms with Gasteiger partial charge in [0.25, 0.3) is 11.8 Å². The number of nitrogens with one attached hydrogen (secondary N) is 2. The average Bonchev–Trinajstić information content (AvgIpc) is 2.80. The van der Waals surface area contributed by atoms with Gasteiger partial charge in [-0.25, -0.2) is 9.82 Å². The van der Waals surface area contributed by atoms with Crippen molar-refractivity contribution in [3.8, 4) is 11.5 Å². The number of aryl methyl sites for hydroxylation is 1. The van der Waals surface area contributed by atoms with E-state index in [1.807, 2.05) is 19.1 Å². The monoisotopic (exact) mass is 483 g/mol. The molecule has 7 nitrogen and oxygen atoms in total. The summed E-state index contributed by atoms with van der Waals surface area (Å²) in [4.78, 5) is 24.4. The summed E-state index contributed by atoms with van der Waals surface area (Å²) in [6.07, 6.45) is 1.42. The van der Waals surface area contributed by atoms with Gasteiger partial charge in [0.2, 0.25) is 0 Å². The Morgan fingerprint density at radius 1 is 1.06 bits per heavy atom. The topological polar surface area (TPSA) is 89.0 Å². The van der Waals surface area contributed by atoms with Crippen LogP contribution < -0.4 is 20.2 Å². The summed E-state index contributed by atoms with van der Waals surface area (Å²) >= 11 is 6.36. The average molecular weight is 484 g/mol. The van der Waals surface area contributed by atoms with Crippen LogP contribution in [0.4, 0.5) is 10.1 Å². The maximum absolute atomic E-state index is 13.0. The molecule has 0 aliphatic carbocycles. The van der Waals surface area contributed by atoms with Crippen LogP contribution in [0.1, 0.15) is 28.4 Å². The molecule has 0 fully saturated rings. The molecule has 9 heteroatoms. The van der Waals surface area contributed by atoms with Gasteiger partial charge in [-0.1, -0.05) is 29.3 Å². The van der Waals surface area contributed by atoms with Crippen molar-refractivity contribution in [2.24, 2.45) is 5.10 Å². The predicted octanol–water partition coefficient (Wildman–Crippen LogP) is 4.97. The van der Waals surface area contributed by atoms with Gasteiger partial charge in [0, 0.05) is 11.3 Å². The number of ether oxygens (including phenoxy) is 2. The molecule has 0 bridgehead atoms. The molecule has 2 amide bonds. The van der Waals surface area contributed by atoms with Gasteiger partial charge in [0.15, 0.2) is 18.1 Å². The van der Waals surface area contributed by atoms with Crippen molar-refractivity contribution in [1.82, 2.24) is 5.43 Å². The van der Waals surface area contributed by atoms with Crippen LogP contribution >= 0.6 is 11.6 Å². The summed E-state index contributed by atoms with van der Waals surface area (Å²) in [5.41, 5.74) is 4.98. The van der Waals surface area contributed by atoms with Crippen LogP contribution in [0.25, 0.3) is 0 Å². The Kier molecular flexibility index (Phi) is 8.59. The summed E-state index contributed by atoms with van der Waals surface area (Å²) in [5.74, 6) is -0.690. The van der Waals surface area contributed by atoms with Crippen LogP contribution in [0.15, 0.2) is 65.8 Å². The molecule has 0 heterocycles. The van der Waals surface area contributed by atoms with Gasteiger partial charge in [-0.05, 0) is 67.9 Å². The standard InChI is InChI=1S/C25H23ClFN3O4/c1-3-33-22-13-17(14-28-30-25(32)18-6-4-16(2)5-7-18)12-21(26)24(22)34-15-23(31)29-20-10-8-19(27)9-11-20/h4-14H,3,15H2,1-2H3,(H,29,31)(H,30,32)/b28-14+. The fraction of sp³-hybridized carbons (Fsp3) is 0.160. The van der Waals surface area contributed by atoms with Crippen LogP contribution in [0.3, 0.4) is 0 Å². The lowest BCUT2D eigenvalue weighted by atomic mass is 10.1. The van der Waals surface area contributed by atoms with Gasteiger partial charge in [0.05, 0.1) is 17.8 Å². The zero-order valence-corrected chi connectivity index (χ0v) is 19.4. The molecule has 0 saturated carbocycles. The van der Waals surface area contributed by atoms with Crippen molar-refractivity contribution in [3.63, 3.8) is 0 Å². The molecule has 34 heavy (non-hydrogen) atoms. The third kappa shape index (κ3) is 7.05. The molecule has 3 aromatic rings. The first-order valence-electron chi connectivity index (χ1n) is 10.4. The molecule has 0 unspecified atom stereocenters. The van der Waals surface area contributed by atoms with Gasteiger partial charge in [-0.15, -0.1) is 0 Å². The number of hydrogen-bond acceptors (Lipinski definition) is 5. The third-order valence-electron chi connectivity index (χ3n) is 4.50. The summed E-state index contributed by atoms with van der Waals surface area (Å²) in [7, 11) is 0. The van der Waals surface area contributed by atoms with E-state index in [-0.39, 0.29) is 23.3 Å². The second-order valence-corrected chi connectivity index (χ2v) is 7.58. The zero-order chi connectivity index (χ0) is 24.5. The minimum absolute atomic E-state index is 0.193. The van der Waals surface area contributed by atoms with E-state index in [9.17, 15) is 14.0 Å². The van der Waals surface area contributed by atoms with Crippen LogP contribution in [0.5, 0.6) is 11.5 Å². The molecule has 176 valence electrons. The molecule has 3 rings (SSSR count). The van der Waals surface area contributed by atoms with E-state index in [1.165, 1.54) is 30.5 Å². The smallest absolute Gasteiger partial charge is 0.271 e. The minimum atomic E-state index is -0.449. The first-order valence-corrected chi connectivity index (χ1v) is 10.8. The Morgan fingerprint density at radius 2 is 1.76 bits per heavy atom. The van der Waals surface area contributed by atoms with Crippen molar-refractivity contribution in [3.05, 3.63) is 88.2 Å². The van der Waals surface area contributed by atoms with Gasteiger partial charge < -0.3 is 14.8 Å².